The van der Waals surface area contributed by atoms with Crippen LogP contribution >= 0.6 is 11.6 Å². The fourth-order valence-corrected chi connectivity index (χ4v) is 2.95. The Kier molecular flexibility index (Phi) is 7.40. The number of halogens is 1. The Hall–Kier alpha value is -1.72. The molecule has 2 rings (SSSR count). The van der Waals surface area contributed by atoms with Crippen molar-refractivity contribution in [2.75, 3.05) is 51.2 Å². The van der Waals surface area contributed by atoms with Crippen molar-refractivity contribution in [1.29, 1.82) is 0 Å². The summed E-state index contributed by atoms with van der Waals surface area (Å²) >= 11 is 6.48. The van der Waals surface area contributed by atoms with E-state index in [2.05, 4.69) is 52.0 Å². The number of likely N-dealkylation sites (N-methyl/N-ethyl adjacent to an activating group) is 1. The summed E-state index contributed by atoms with van der Waals surface area (Å²) in [7, 11) is 2.16. The quantitative estimate of drug-likeness (QED) is 0.470. The molecule has 0 bridgehead atoms. The fourth-order valence-electron chi connectivity index (χ4n) is 2.72. The van der Waals surface area contributed by atoms with Crippen LogP contribution in [-0.4, -0.2) is 57.2 Å². The molecule has 2 N–H and O–H groups in total. The van der Waals surface area contributed by atoms with Crippen LogP contribution in [0.15, 0.2) is 35.8 Å². The summed E-state index contributed by atoms with van der Waals surface area (Å²) in [6.45, 7) is 12.0. The maximum absolute atomic E-state index is 6.48. The molecule has 1 fully saturated rings. The Bertz CT molecular complexity index is 565. The molecule has 24 heavy (non-hydrogen) atoms. The van der Waals surface area contributed by atoms with E-state index in [0.717, 1.165) is 49.3 Å². The van der Waals surface area contributed by atoms with E-state index in [1.54, 1.807) is 0 Å². The summed E-state index contributed by atoms with van der Waals surface area (Å²) in [4.78, 5) is 9.43. The van der Waals surface area contributed by atoms with Gasteiger partial charge < -0.3 is 20.4 Å². The van der Waals surface area contributed by atoms with E-state index in [1.807, 2.05) is 18.2 Å². The zero-order chi connectivity index (χ0) is 17.4. The Morgan fingerprint density at radius 3 is 2.71 bits per heavy atom. The first-order chi connectivity index (χ1) is 11.7. The number of piperazine rings is 1. The van der Waals surface area contributed by atoms with E-state index >= 15 is 0 Å². The first kappa shape index (κ1) is 18.6. The summed E-state index contributed by atoms with van der Waals surface area (Å²) in [5.41, 5.74) is 2.28. The number of guanidine groups is 1. The molecule has 0 aromatic heterocycles. The number of nitrogens with zero attached hydrogens (tertiary/aromatic N) is 3. The van der Waals surface area contributed by atoms with Crippen LogP contribution in [0, 0.1) is 0 Å². The lowest BCUT2D eigenvalue weighted by atomic mass is 10.1. The average molecular weight is 350 g/mol. The number of aliphatic imine (C=N–C) groups is 1. The third-order valence-electron chi connectivity index (χ3n) is 4.09. The van der Waals surface area contributed by atoms with Crippen LogP contribution in [0.3, 0.4) is 0 Å². The zero-order valence-electron chi connectivity index (χ0n) is 14.7. The molecule has 132 valence electrons. The number of nitrogens with one attached hydrogen (secondary N) is 2. The van der Waals surface area contributed by atoms with Crippen LogP contribution in [0.2, 0.25) is 5.02 Å². The molecule has 0 radical (unpaired) electrons. The summed E-state index contributed by atoms with van der Waals surface area (Å²) in [6, 6.07) is 6.10. The highest BCUT2D eigenvalue weighted by atomic mass is 35.5. The van der Waals surface area contributed by atoms with Gasteiger partial charge in [0, 0.05) is 55.5 Å². The predicted molar refractivity (Wildman–Crippen MR) is 104 cm³/mol. The van der Waals surface area contributed by atoms with Crippen molar-refractivity contribution < 1.29 is 0 Å². The third kappa shape index (κ3) is 5.14. The molecule has 0 atom stereocenters. The summed E-state index contributed by atoms with van der Waals surface area (Å²) in [6.07, 6.45) is 1.82. The molecule has 1 heterocycles. The molecule has 1 aromatic rings. The second-order valence-electron chi connectivity index (χ2n) is 5.89. The number of hydrogen-bond donors (Lipinski definition) is 2. The third-order valence-corrected chi connectivity index (χ3v) is 4.45. The van der Waals surface area contributed by atoms with Gasteiger partial charge in [0.2, 0.25) is 0 Å². The van der Waals surface area contributed by atoms with Gasteiger partial charge in [0.15, 0.2) is 5.96 Å². The van der Waals surface area contributed by atoms with Crippen molar-refractivity contribution in [3.8, 4) is 0 Å². The first-order valence-electron chi connectivity index (χ1n) is 8.49. The summed E-state index contributed by atoms with van der Waals surface area (Å²) in [5, 5.41) is 7.23. The van der Waals surface area contributed by atoms with Gasteiger partial charge in [-0.2, -0.15) is 0 Å². The van der Waals surface area contributed by atoms with Crippen LogP contribution in [-0.2, 0) is 6.54 Å². The van der Waals surface area contributed by atoms with E-state index in [1.165, 1.54) is 5.69 Å². The van der Waals surface area contributed by atoms with Gasteiger partial charge in [0.05, 0.1) is 6.54 Å². The van der Waals surface area contributed by atoms with Crippen molar-refractivity contribution in [3.05, 3.63) is 41.4 Å². The molecule has 6 heteroatoms. The van der Waals surface area contributed by atoms with E-state index < -0.39 is 0 Å². The normalized spacial score (nSPS) is 16.1. The molecule has 1 aromatic carbocycles. The second kappa shape index (κ2) is 9.55. The van der Waals surface area contributed by atoms with Gasteiger partial charge in [0.25, 0.3) is 0 Å². The monoisotopic (exact) mass is 349 g/mol. The van der Waals surface area contributed by atoms with Crippen LogP contribution in [0.25, 0.3) is 0 Å². The number of anilines is 1. The molecule has 0 spiro atoms. The molecule has 0 unspecified atom stereocenters. The first-order valence-corrected chi connectivity index (χ1v) is 8.87. The molecular weight excluding hydrogens is 322 g/mol. The van der Waals surface area contributed by atoms with Gasteiger partial charge in [-0.3, -0.25) is 0 Å². The van der Waals surface area contributed by atoms with E-state index in [4.69, 9.17) is 11.6 Å². The van der Waals surface area contributed by atoms with E-state index in [9.17, 15) is 0 Å². The summed E-state index contributed by atoms with van der Waals surface area (Å²) < 4.78 is 0. The molecule has 1 saturated heterocycles. The average Bonchev–Trinajstić information content (AvgIpc) is 2.59. The highest BCUT2D eigenvalue weighted by molar-refractivity contribution is 6.31. The molecule has 1 aliphatic rings. The topological polar surface area (TPSA) is 42.9 Å². The van der Waals surface area contributed by atoms with Gasteiger partial charge in [-0.25, -0.2) is 4.99 Å². The van der Waals surface area contributed by atoms with E-state index in [-0.39, 0.29) is 0 Å². The minimum Gasteiger partial charge on any atom is -0.369 e. The van der Waals surface area contributed by atoms with Crippen molar-refractivity contribution >= 4 is 23.2 Å². The highest BCUT2D eigenvalue weighted by Gasteiger charge is 2.18. The Balaban J connectivity index is 2.17. The second-order valence-corrected chi connectivity index (χ2v) is 6.30. The highest BCUT2D eigenvalue weighted by Crippen LogP contribution is 2.29. The predicted octanol–water partition coefficient (Wildman–Crippen LogP) is 2.33. The Labute approximate surface area is 150 Å². The maximum atomic E-state index is 6.48. The molecule has 0 amide bonds. The lowest BCUT2D eigenvalue weighted by molar-refractivity contribution is 0.312. The van der Waals surface area contributed by atoms with Gasteiger partial charge in [-0.05, 0) is 26.1 Å². The van der Waals surface area contributed by atoms with Gasteiger partial charge in [-0.1, -0.05) is 23.7 Å². The van der Waals surface area contributed by atoms with Crippen molar-refractivity contribution in [3.63, 3.8) is 0 Å². The van der Waals surface area contributed by atoms with Crippen LogP contribution in [0.1, 0.15) is 12.5 Å². The number of rotatable bonds is 6. The standard InChI is InChI=1S/C18H28ClN5/c1-4-9-21-18(20-5-2)22-14-15-16(19)7-6-8-17(15)24-12-10-23(3)11-13-24/h4,6-8H,1,5,9-14H2,2-3H3,(H2,20,21,22). The zero-order valence-corrected chi connectivity index (χ0v) is 15.4. The van der Waals surface area contributed by atoms with Crippen LogP contribution in [0.4, 0.5) is 5.69 Å². The van der Waals surface area contributed by atoms with Crippen LogP contribution in [0.5, 0.6) is 0 Å². The molecule has 0 saturated carbocycles. The van der Waals surface area contributed by atoms with Gasteiger partial charge >= 0.3 is 0 Å². The molecular formula is C18H28ClN5. The maximum Gasteiger partial charge on any atom is 0.191 e. The van der Waals surface area contributed by atoms with Crippen molar-refractivity contribution in [1.82, 2.24) is 15.5 Å². The number of benzene rings is 1. The van der Waals surface area contributed by atoms with Gasteiger partial charge in [-0.15, -0.1) is 6.58 Å². The van der Waals surface area contributed by atoms with Gasteiger partial charge in [0.1, 0.15) is 0 Å². The smallest absolute Gasteiger partial charge is 0.191 e. The lowest BCUT2D eigenvalue weighted by Gasteiger charge is -2.35. The van der Waals surface area contributed by atoms with Crippen LogP contribution < -0.4 is 15.5 Å². The number of hydrogen-bond acceptors (Lipinski definition) is 3. The molecule has 0 aliphatic carbocycles. The minimum absolute atomic E-state index is 0.549. The molecule has 1 aliphatic heterocycles. The van der Waals surface area contributed by atoms with Crippen molar-refractivity contribution in [2.45, 2.75) is 13.5 Å². The fraction of sp³-hybridized carbons (Fsp3) is 0.500. The summed E-state index contributed by atoms with van der Waals surface area (Å²) in [5.74, 6) is 0.779. The minimum atomic E-state index is 0.549. The SMILES string of the molecule is C=CCNC(=NCc1c(Cl)cccc1N1CCN(C)CC1)NCC. The van der Waals surface area contributed by atoms with Crippen molar-refractivity contribution in [2.24, 2.45) is 4.99 Å². The largest absolute Gasteiger partial charge is 0.369 e. The molecule has 5 nitrogen and oxygen atoms in total. The lowest BCUT2D eigenvalue weighted by Crippen LogP contribution is -2.44. The van der Waals surface area contributed by atoms with E-state index in [0.29, 0.717) is 13.1 Å². The Morgan fingerprint density at radius 1 is 1.29 bits per heavy atom. The Morgan fingerprint density at radius 2 is 2.04 bits per heavy atom.